The molecule has 0 unspecified atom stereocenters. The van der Waals surface area contributed by atoms with Gasteiger partial charge in [-0.3, -0.25) is 48.3 Å². The summed E-state index contributed by atoms with van der Waals surface area (Å²) in [5.74, 6) is -6.72. The van der Waals surface area contributed by atoms with E-state index in [9.17, 15) is 38.4 Å². The summed E-state index contributed by atoms with van der Waals surface area (Å²) in [6, 6.07) is 10.9. The fourth-order valence-corrected chi connectivity index (χ4v) is 8.28. The van der Waals surface area contributed by atoms with E-state index in [-0.39, 0.29) is 88.4 Å². The average Bonchev–Trinajstić information content (AvgIpc) is 4.01. The Kier molecular flexibility index (Phi) is 21.1. The maximum Gasteiger partial charge on any atom is 0.309 e. The van der Waals surface area contributed by atoms with E-state index in [1.807, 2.05) is 0 Å². The van der Waals surface area contributed by atoms with Gasteiger partial charge in [0.1, 0.15) is 24.2 Å². The van der Waals surface area contributed by atoms with Crippen LogP contribution in [0.4, 0.5) is 0 Å². The predicted molar refractivity (Wildman–Crippen MR) is 249 cm³/mol. The summed E-state index contributed by atoms with van der Waals surface area (Å²) < 4.78 is 0. The van der Waals surface area contributed by atoms with Crippen molar-refractivity contribution in [3.63, 3.8) is 0 Å². The molecule has 2 aliphatic heterocycles. The molecule has 66 heavy (non-hydrogen) atoms. The van der Waals surface area contributed by atoms with Crippen molar-refractivity contribution in [2.45, 2.75) is 100 Å². The lowest BCUT2D eigenvalue weighted by Crippen LogP contribution is -2.59. The van der Waals surface area contributed by atoms with E-state index in [1.54, 1.807) is 60.7 Å². The first kappa shape index (κ1) is 52.3. The third-order valence-corrected chi connectivity index (χ3v) is 11.7. The molecule has 22 heteroatoms. The Morgan fingerprint density at radius 1 is 0.561 bits per heavy atom. The van der Waals surface area contributed by atoms with Gasteiger partial charge >= 0.3 is 11.8 Å². The van der Waals surface area contributed by atoms with E-state index in [1.165, 1.54) is 9.80 Å². The van der Waals surface area contributed by atoms with E-state index >= 15 is 0 Å². The molecule has 2 aromatic rings. The summed E-state index contributed by atoms with van der Waals surface area (Å²) in [7, 11) is 0. The molecular weight excluding hydrogens is 895 g/mol. The lowest BCUT2D eigenvalue weighted by molar-refractivity contribution is -0.146. The zero-order valence-electron chi connectivity index (χ0n) is 36.7. The summed E-state index contributed by atoms with van der Waals surface area (Å²) in [5, 5.41) is 10.5. The second-order valence-electron chi connectivity index (χ2n) is 16.0. The number of carbonyl (C=O) groups is 8. The van der Waals surface area contributed by atoms with Gasteiger partial charge in [0, 0.05) is 39.0 Å². The first-order valence-corrected chi connectivity index (χ1v) is 22.9. The highest BCUT2D eigenvalue weighted by Crippen LogP contribution is 2.22. The summed E-state index contributed by atoms with van der Waals surface area (Å²) in [5.41, 5.74) is 22.9. The molecular formula is C44H60Cl2N12O8. The number of halogens is 2. The van der Waals surface area contributed by atoms with Crippen molar-refractivity contribution in [2.24, 2.45) is 32.9 Å². The van der Waals surface area contributed by atoms with E-state index < -0.39 is 83.3 Å². The van der Waals surface area contributed by atoms with Crippen molar-refractivity contribution in [1.29, 1.82) is 0 Å². The lowest BCUT2D eigenvalue weighted by atomic mass is 10.0. The molecule has 0 radical (unpaired) electrons. The number of ketones is 2. The minimum atomic E-state index is -1.34. The third-order valence-electron chi connectivity index (χ3n) is 11.2. The highest BCUT2D eigenvalue weighted by Gasteiger charge is 2.41. The standard InChI is InChI=1S/C44H60Cl2N12O8/c45-25-35(59)29(15-7-19-51-43(47)48)53-37(61)33-17-9-21-57(33)41(65)31(23-27-11-3-1-4-12-27)55-39(63)40(64)56-32(24-28-13-5-2-6-14-28)42(66)58-22-10-18-34(58)38(62)54-30(36(60)26-46)16-8-20-52-44(49)50/h1-6,11-14,29-34H,7-10,15-26H2,(H,53,61)(H,54,62)(H,55,63)(H,56,64)(H4,47,48,51)(H4,49,50,52)/t29-,30-,31+,32+,33-,34-/m0/s1. The van der Waals surface area contributed by atoms with Gasteiger partial charge in [0.05, 0.1) is 23.8 Å². The number of carbonyl (C=O) groups excluding carboxylic acids is 8. The van der Waals surface area contributed by atoms with Crippen LogP contribution in [0.25, 0.3) is 0 Å². The van der Waals surface area contributed by atoms with Crippen molar-refractivity contribution >= 4 is 82.1 Å². The van der Waals surface area contributed by atoms with Crippen molar-refractivity contribution in [3.8, 4) is 0 Å². The number of amides is 6. The van der Waals surface area contributed by atoms with Gasteiger partial charge in [0.2, 0.25) is 23.6 Å². The molecule has 0 saturated carbocycles. The molecule has 0 aromatic heterocycles. The quantitative estimate of drug-likeness (QED) is 0.0209. The number of hydrogen-bond acceptors (Lipinski definition) is 10. The van der Waals surface area contributed by atoms with Crippen molar-refractivity contribution in [1.82, 2.24) is 31.1 Å². The van der Waals surface area contributed by atoms with Gasteiger partial charge in [-0.1, -0.05) is 60.7 Å². The molecule has 6 amide bonds. The molecule has 0 aliphatic carbocycles. The Hall–Kier alpha value is -6.28. The molecule has 2 heterocycles. The summed E-state index contributed by atoms with van der Waals surface area (Å²) in [6.45, 7) is 0.736. The second-order valence-corrected chi connectivity index (χ2v) is 16.6. The Balaban J connectivity index is 1.52. The molecule has 358 valence electrons. The van der Waals surface area contributed by atoms with Crippen LogP contribution >= 0.6 is 23.2 Å². The van der Waals surface area contributed by atoms with Crippen LogP contribution in [-0.4, -0.2) is 143 Å². The van der Waals surface area contributed by atoms with Crippen LogP contribution in [-0.2, 0) is 51.2 Å². The Bertz CT molecular complexity index is 1930. The van der Waals surface area contributed by atoms with Crippen molar-refractivity contribution < 1.29 is 38.4 Å². The Morgan fingerprint density at radius 3 is 1.26 bits per heavy atom. The van der Waals surface area contributed by atoms with E-state index in [0.717, 1.165) is 0 Å². The SMILES string of the molecule is NC(N)=NCCC[C@H](NC(=O)[C@@H]1CCCN1C(=O)[C@@H](Cc1ccccc1)NC(=O)C(=O)N[C@H](Cc1ccccc1)C(=O)N1CCC[C@H]1C(=O)N[C@@H](CCCN=C(N)N)C(=O)CCl)C(=O)CCl. The molecule has 4 rings (SSSR count). The number of rotatable bonds is 24. The Labute approximate surface area is 393 Å². The highest BCUT2D eigenvalue weighted by atomic mass is 35.5. The van der Waals surface area contributed by atoms with Crippen LogP contribution in [0.2, 0.25) is 0 Å². The second kappa shape index (κ2) is 26.6. The zero-order valence-corrected chi connectivity index (χ0v) is 38.2. The number of nitrogens with two attached hydrogens (primary N) is 4. The first-order chi connectivity index (χ1) is 31.6. The topological polar surface area (TPSA) is 320 Å². The summed E-state index contributed by atoms with van der Waals surface area (Å²) in [6.07, 6.45) is 2.40. The molecule has 2 aromatic carbocycles. The number of nitrogens with zero attached hydrogens (tertiary/aromatic N) is 4. The van der Waals surface area contributed by atoms with Crippen LogP contribution < -0.4 is 44.2 Å². The molecule has 2 aliphatic rings. The van der Waals surface area contributed by atoms with Crippen LogP contribution in [0.3, 0.4) is 0 Å². The van der Waals surface area contributed by atoms with Crippen LogP contribution in [0.15, 0.2) is 70.6 Å². The van der Waals surface area contributed by atoms with E-state index in [4.69, 9.17) is 46.1 Å². The van der Waals surface area contributed by atoms with Gasteiger partial charge in [0.25, 0.3) is 0 Å². The monoisotopic (exact) mass is 954 g/mol. The van der Waals surface area contributed by atoms with E-state index in [0.29, 0.717) is 36.8 Å². The maximum atomic E-state index is 14.4. The lowest BCUT2D eigenvalue weighted by Gasteiger charge is -2.30. The number of nitrogens with one attached hydrogen (secondary N) is 4. The first-order valence-electron chi connectivity index (χ1n) is 21.8. The molecule has 12 N–H and O–H groups in total. The molecule has 2 saturated heterocycles. The molecule has 6 atom stereocenters. The highest BCUT2D eigenvalue weighted by molar-refractivity contribution is 6.36. The molecule has 2 fully saturated rings. The van der Waals surface area contributed by atoms with Crippen molar-refractivity contribution in [2.75, 3.05) is 37.9 Å². The summed E-state index contributed by atoms with van der Waals surface area (Å²) in [4.78, 5) is 120. The third kappa shape index (κ3) is 16.0. The van der Waals surface area contributed by atoms with Gasteiger partial charge < -0.3 is 54.0 Å². The number of Topliss-reactive ketones (excluding diaryl/α,β-unsaturated/α-hetero) is 2. The van der Waals surface area contributed by atoms with Crippen molar-refractivity contribution in [3.05, 3.63) is 71.8 Å². The van der Waals surface area contributed by atoms with Crippen LogP contribution in [0.1, 0.15) is 62.5 Å². The number of aliphatic imine (C=N–C) groups is 2. The van der Waals surface area contributed by atoms with Crippen LogP contribution in [0.5, 0.6) is 0 Å². The smallest absolute Gasteiger partial charge is 0.309 e. The number of guanidine groups is 2. The minimum Gasteiger partial charge on any atom is -0.370 e. The molecule has 0 spiro atoms. The predicted octanol–water partition coefficient (Wildman–Crippen LogP) is -0.884. The zero-order chi connectivity index (χ0) is 48.2. The van der Waals surface area contributed by atoms with Crippen LogP contribution in [0, 0.1) is 0 Å². The minimum absolute atomic E-state index is 0.0554. The fourth-order valence-electron chi connectivity index (χ4n) is 7.91. The normalized spacial score (nSPS) is 17.3. The Morgan fingerprint density at radius 2 is 0.924 bits per heavy atom. The van der Waals surface area contributed by atoms with Gasteiger partial charge in [-0.2, -0.15) is 0 Å². The number of likely N-dealkylation sites (tertiary alicyclic amines) is 2. The van der Waals surface area contributed by atoms with E-state index in [2.05, 4.69) is 31.3 Å². The average molecular weight is 956 g/mol. The number of benzene rings is 2. The largest absolute Gasteiger partial charge is 0.370 e. The fraction of sp³-hybridized carbons (Fsp3) is 0.500. The van der Waals surface area contributed by atoms with Gasteiger partial charge in [-0.25, -0.2) is 0 Å². The van der Waals surface area contributed by atoms with Gasteiger partial charge in [-0.05, 0) is 62.5 Å². The van der Waals surface area contributed by atoms with Gasteiger partial charge in [0.15, 0.2) is 23.5 Å². The number of hydrogen-bond donors (Lipinski definition) is 8. The molecule has 0 bridgehead atoms. The number of alkyl halides is 2. The summed E-state index contributed by atoms with van der Waals surface area (Å²) >= 11 is 11.7. The van der Waals surface area contributed by atoms with Gasteiger partial charge in [-0.15, -0.1) is 23.2 Å². The maximum absolute atomic E-state index is 14.4. The molecule has 20 nitrogen and oxygen atoms in total.